The summed E-state index contributed by atoms with van der Waals surface area (Å²) in [5, 5.41) is 9.13. The van der Waals surface area contributed by atoms with E-state index in [0.29, 0.717) is 24.1 Å². The van der Waals surface area contributed by atoms with Crippen molar-refractivity contribution in [1.82, 2.24) is 4.57 Å². The number of fused-ring (bicyclic) bond motifs is 1. The van der Waals surface area contributed by atoms with E-state index >= 15 is 0 Å². The summed E-state index contributed by atoms with van der Waals surface area (Å²) in [6.45, 7) is 0.661. The van der Waals surface area contributed by atoms with Crippen LogP contribution in [0.15, 0.2) is 42.6 Å². The number of rotatable bonds is 3. The summed E-state index contributed by atoms with van der Waals surface area (Å²) in [7, 11) is 0. The number of aryl methyl sites for hydroxylation is 1. The third-order valence-electron chi connectivity index (χ3n) is 3.54. The van der Waals surface area contributed by atoms with Gasteiger partial charge in [0, 0.05) is 29.6 Å². The molecule has 0 radical (unpaired) electrons. The van der Waals surface area contributed by atoms with Crippen LogP contribution in [0.3, 0.4) is 0 Å². The fourth-order valence-electron chi connectivity index (χ4n) is 2.56. The number of hydrogen-bond donors (Lipinski definition) is 1. The zero-order valence-corrected chi connectivity index (χ0v) is 10.2. The van der Waals surface area contributed by atoms with Crippen molar-refractivity contribution in [3.05, 3.63) is 59.4 Å². The molecular formula is C15H13NO3. The largest absolute Gasteiger partial charge is 0.481 e. The molecule has 1 aromatic carbocycles. The molecule has 0 bridgehead atoms. The van der Waals surface area contributed by atoms with E-state index in [1.54, 1.807) is 24.4 Å². The molecule has 1 N–H and O–H groups in total. The Morgan fingerprint density at radius 3 is 2.58 bits per heavy atom. The molecule has 19 heavy (non-hydrogen) atoms. The van der Waals surface area contributed by atoms with E-state index in [4.69, 9.17) is 5.11 Å². The molecule has 1 aliphatic heterocycles. The van der Waals surface area contributed by atoms with Gasteiger partial charge in [0.25, 0.3) is 0 Å². The van der Waals surface area contributed by atoms with Crippen molar-refractivity contribution >= 4 is 11.8 Å². The lowest BCUT2D eigenvalue weighted by Gasteiger charge is -2.01. The van der Waals surface area contributed by atoms with E-state index in [2.05, 4.69) is 0 Å². The maximum atomic E-state index is 12.3. The Morgan fingerprint density at radius 1 is 1.16 bits per heavy atom. The zero-order chi connectivity index (χ0) is 13.4. The smallest absolute Gasteiger partial charge is 0.312 e. The number of aliphatic carboxylic acids is 1. The molecule has 1 aromatic heterocycles. The van der Waals surface area contributed by atoms with Gasteiger partial charge in [0.1, 0.15) is 0 Å². The van der Waals surface area contributed by atoms with E-state index in [1.165, 1.54) is 0 Å². The van der Waals surface area contributed by atoms with Crippen LogP contribution in [0, 0.1) is 0 Å². The predicted octanol–water partition coefficient (Wildman–Crippen LogP) is 2.29. The molecule has 0 fully saturated rings. The third-order valence-corrected chi connectivity index (χ3v) is 3.54. The Labute approximate surface area is 110 Å². The van der Waals surface area contributed by atoms with Gasteiger partial charge in [-0.1, -0.05) is 30.3 Å². The van der Waals surface area contributed by atoms with Gasteiger partial charge in [0.15, 0.2) is 5.78 Å². The number of benzene rings is 1. The second-order valence-corrected chi connectivity index (χ2v) is 4.72. The molecule has 0 spiro atoms. The molecule has 2 heterocycles. The fourth-order valence-corrected chi connectivity index (χ4v) is 2.56. The Kier molecular flexibility index (Phi) is 2.71. The molecule has 1 aliphatic rings. The highest BCUT2D eigenvalue weighted by molar-refractivity contribution is 6.09. The van der Waals surface area contributed by atoms with E-state index in [9.17, 15) is 9.59 Å². The first kappa shape index (κ1) is 11.7. The molecule has 96 valence electrons. The highest BCUT2D eigenvalue weighted by Gasteiger charge is 2.30. The second-order valence-electron chi connectivity index (χ2n) is 4.72. The number of carbonyl (C=O) groups is 2. The van der Waals surface area contributed by atoms with Gasteiger partial charge < -0.3 is 9.67 Å². The topological polar surface area (TPSA) is 59.3 Å². The second kappa shape index (κ2) is 4.39. The van der Waals surface area contributed by atoms with Crippen molar-refractivity contribution in [3.8, 4) is 0 Å². The molecule has 0 aliphatic carbocycles. The minimum atomic E-state index is -0.824. The maximum absolute atomic E-state index is 12.3. The van der Waals surface area contributed by atoms with E-state index in [-0.39, 0.29) is 5.78 Å². The van der Waals surface area contributed by atoms with Crippen molar-refractivity contribution < 1.29 is 14.7 Å². The molecule has 4 nitrogen and oxygen atoms in total. The van der Waals surface area contributed by atoms with Crippen LogP contribution < -0.4 is 0 Å². The first-order valence-corrected chi connectivity index (χ1v) is 6.19. The average Bonchev–Trinajstić information content (AvgIpc) is 2.98. The fraction of sp³-hybridized carbons (Fsp3) is 0.200. The first-order valence-electron chi connectivity index (χ1n) is 6.19. The van der Waals surface area contributed by atoms with E-state index in [1.807, 2.05) is 22.8 Å². The number of carboxylic acids is 1. The van der Waals surface area contributed by atoms with Crippen molar-refractivity contribution in [2.45, 2.75) is 18.9 Å². The van der Waals surface area contributed by atoms with Gasteiger partial charge in [0.2, 0.25) is 0 Å². The zero-order valence-electron chi connectivity index (χ0n) is 10.2. The Balaban J connectivity index is 1.95. The van der Waals surface area contributed by atoms with Crippen molar-refractivity contribution in [2.24, 2.45) is 0 Å². The van der Waals surface area contributed by atoms with Gasteiger partial charge in [-0.2, -0.15) is 0 Å². The summed E-state index contributed by atoms with van der Waals surface area (Å²) in [5.41, 5.74) is 1.91. The summed E-state index contributed by atoms with van der Waals surface area (Å²) < 4.78 is 1.87. The summed E-state index contributed by atoms with van der Waals surface area (Å²) in [5.74, 6) is -1.38. The summed E-state index contributed by atoms with van der Waals surface area (Å²) in [6, 6.07) is 10.7. The maximum Gasteiger partial charge on any atom is 0.312 e. The number of aromatic nitrogens is 1. The third kappa shape index (κ3) is 1.95. The lowest BCUT2D eigenvalue weighted by molar-refractivity contribution is -0.138. The lowest BCUT2D eigenvalue weighted by Crippen LogP contribution is -2.07. The van der Waals surface area contributed by atoms with Crippen LogP contribution in [0.2, 0.25) is 0 Å². The number of nitrogens with zero attached hydrogens (tertiary/aromatic N) is 1. The van der Waals surface area contributed by atoms with Crippen LogP contribution in [-0.2, 0) is 11.3 Å². The van der Waals surface area contributed by atoms with Gasteiger partial charge in [-0.3, -0.25) is 9.59 Å². The van der Waals surface area contributed by atoms with Gasteiger partial charge in [0.05, 0.1) is 5.92 Å². The molecule has 0 amide bonds. The number of ketones is 1. The molecule has 3 rings (SSSR count). The van der Waals surface area contributed by atoms with Crippen LogP contribution in [0.1, 0.15) is 34.0 Å². The number of carbonyl (C=O) groups excluding carboxylic acids is 1. The van der Waals surface area contributed by atoms with Gasteiger partial charge >= 0.3 is 5.97 Å². The van der Waals surface area contributed by atoms with Crippen molar-refractivity contribution in [2.75, 3.05) is 0 Å². The van der Waals surface area contributed by atoms with Crippen molar-refractivity contribution in [3.63, 3.8) is 0 Å². The first-order chi connectivity index (χ1) is 9.16. The molecule has 0 saturated heterocycles. The van der Waals surface area contributed by atoms with E-state index < -0.39 is 11.9 Å². The normalized spacial score (nSPS) is 17.2. The lowest BCUT2D eigenvalue weighted by atomic mass is 10.0. The Morgan fingerprint density at radius 2 is 1.89 bits per heavy atom. The standard InChI is InChI=1S/C15H13NO3/c17-14(10-4-2-1-3-5-10)11-8-13-12(15(18)19)6-7-16(13)9-11/h1-5,8-9,12H,6-7H2,(H,18,19)/t12-/m1/s1. The average molecular weight is 255 g/mol. The van der Waals surface area contributed by atoms with Crippen LogP contribution in [0.4, 0.5) is 0 Å². The highest BCUT2D eigenvalue weighted by Crippen LogP contribution is 2.30. The molecule has 4 heteroatoms. The minimum Gasteiger partial charge on any atom is -0.481 e. The molecule has 0 saturated carbocycles. The van der Waals surface area contributed by atoms with Crippen LogP contribution >= 0.6 is 0 Å². The summed E-state index contributed by atoms with van der Waals surface area (Å²) in [4.78, 5) is 23.4. The van der Waals surface area contributed by atoms with Gasteiger partial charge in [-0.15, -0.1) is 0 Å². The number of carboxylic acid groups (broad SMARTS) is 1. The van der Waals surface area contributed by atoms with Gasteiger partial charge in [-0.05, 0) is 12.5 Å². The van der Waals surface area contributed by atoms with Crippen LogP contribution in [-0.4, -0.2) is 21.4 Å². The van der Waals surface area contributed by atoms with Crippen LogP contribution in [0.25, 0.3) is 0 Å². The molecule has 1 atom stereocenters. The predicted molar refractivity (Wildman–Crippen MR) is 69.3 cm³/mol. The van der Waals surface area contributed by atoms with Gasteiger partial charge in [-0.25, -0.2) is 0 Å². The SMILES string of the molecule is O=C(c1ccccc1)c1cc2n(c1)CC[C@H]2C(=O)O. The van der Waals surface area contributed by atoms with Crippen LogP contribution in [0.5, 0.6) is 0 Å². The summed E-state index contributed by atoms with van der Waals surface area (Å²) >= 11 is 0. The minimum absolute atomic E-state index is 0.0633. The summed E-state index contributed by atoms with van der Waals surface area (Å²) in [6.07, 6.45) is 2.36. The Bertz CT molecular complexity index is 643. The van der Waals surface area contributed by atoms with Crippen molar-refractivity contribution in [1.29, 1.82) is 0 Å². The Hall–Kier alpha value is -2.36. The molecule has 2 aromatic rings. The molecular weight excluding hydrogens is 242 g/mol. The quantitative estimate of drug-likeness (QED) is 0.856. The van der Waals surface area contributed by atoms with E-state index in [0.717, 1.165) is 5.69 Å². The number of hydrogen-bond acceptors (Lipinski definition) is 2. The highest BCUT2D eigenvalue weighted by atomic mass is 16.4. The monoisotopic (exact) mass is 255 g/mol. The molecule has 0 unspecified atom stereocenters.